The standard InChI is InChI=1S/C34H38ClN5O3S/c1-4-6-7-13-20-43-28-19-18-24(21-29(28)42-5-2)31-30(32(41)37-26-15-9-8-10-16-26)23(3)36-33-38-34(39-40(31)33)44-22-25-14-11-12-17-27(25)35/h8-12,14-19,21,31H,4-7,13,20,22H2,1-3H3,(H,37,41)(H,36,38,39). The van der Waals surface area contributed by atoms with E-state index in [4.69, 9.17) is 31.2 Å². The van der Waals surface area contributed by atoms with E-state index in [1.54, 1.807) is 4.68 Å². The van der Waals surface area contributed by atoms with Gasteiger partial charge in [0.05, 0.1) is 18.8 Å². The first-order valence-corrected chi connectivity index (χ1v) is 16.4. The van der Waals surface area contributed by atoms with Gasteiger partial charge in [0.15, 0.2) is 11.5 Å². The Morgan fingerprint density at radius 1 is 1.00 bits per heavy atom. The minimum atomic E-state index is -0.560. The molecule has 230 valence electrons. The summed E-state index contributed by atoms with van der Waals surface area (Å²) in [4.78, 5) is 18.7. The van der Waals surface area contributed by atoms with Crippen LogP contribution in [0.5, 0.6) is 11.5 Å². The summed E-state index contributed by atoms with van der Waals surface area (Å²) in [6.07, 6.45) is 4.48. The molecule has 1 aliphatic rings. The summed E-state index contributed by atoms with van der Waals surface area (Å²) in [7, 11) is 0. The normalized spacial score (nSPS) is 14.1. The number of ether oxygens (including phenoxy) is 2. The molecule has 1 unspecified atom stereocenters. The zero-order chi connectivity index (χ0) is 30.9. The predicted molar refractivity (Wildman–Crippen MR) is 178 cm³/mol. The monoisotopic (exact) mass is 631 g/mol. The first-order chi connectivity index (χ1) is 21.5. The Balaban J connectivity index is 1.49. The Kier molecular flexibility index (Phi) is 10.9. The first-order valence-electron chi connectivity index (χ1n) is 15.0. The minimum absolute atomic E-state index is 0.230. The Bertz CT molecular complexity index is 1610. The quantitative estimate of drug-likeness (QED) is 0.106. The number of thioether (sulfide) groups is 1. The maximum atomic E-state index is 13.9. The van der Waals surface area contributed by atoms with Crippen LogP contribution in [-0.4, -0.2) is 33.9 Å². The fourth-order valence-corrected chi connectivity index (χ4v) is 6.18. The van der Waals surface area contributed by atoms with E-state index in [9.17, 15) is 4.79 Å². The minimum Gasteiger partial charge on any atom is -0.490 e. The molecule has 2 N–H and O–H groups in total. The Hall–Kier alpha value is -3.95. The molecular weight excluding hydrogens is 594 g/mol. The summed E-state index contributed by atoms with van der Waals surface area (Å²) in [5.74, 6) is 2.26. The molecule has 0 spiro atoms. The molecule has 2 heterocycles. The van der Waals surface area contributed by atoms with Crippen LogP contribution in [0, 0.1) is 0 Å². The summed E-state index contributed by atoms with van der Waals surface area (Å²) in [5.41, 5.74) is 3.77. The highest BCUT2D eigenvalue weighted by molar-refractivity contribution is 7.98. The van der Waals surface area contributed by atoms with Gasteiger partial charge in [-0.1, -0.05) is 92.0 Å². The van der Waals surface area contributed by atoms with Gasteiger partial charge in [0.25, 0.3) is 5.91 Å². The summed E-state index contributed by atoms with van der Waals surface area (Å²) in [6.45, 7) is 7.13. The second-order valence-electron chi connectivity index (χ2n) is 10.5. The van der Waals surface area contributed by atoms with Crippen molar-refractivity contribution in [3.8, 4) is 11.5 Å². The van der Waals surface area contributed by atoms with Gasteiger partial charge in [-0.25, -0.2) is 4.68 Å². The lowest BCUT2D eigenvalue weighted by molar-refractivity contribution is -0.113. The van der Waals surface area contributed by atoms with Gasteiger partial charge in [-0.15, -0.1) is 5.10 Å². The van der Waals surface area contributed by atoms with E-state index in [1.165, 1.54) is 24.6 Å². The number of unbranched alkanes of at least 4 members (excludes halogenated alkanes) is 3. The van der Waals surface area contributed by atoms with Crippen molar-refractivity contribution >= 4 is 40.9 Å². The number of para-hydroxylation sites is 1. The Morgan fingerprint density at radius 3 is 2.57 bits per heavy atom. The SMILES string of the molecule is CCCCCCOc1ccc(C2C(C(=O)Nc3ccccc3)=C(C)Nc3nc(SCc4ccccc4Cl)nn32)cc1OCC. The molecule has 3 aromatic carbocycles. The molecule has 4 aromatic rings. The number of hydrogen-bond acceptors (Lipinski definition) is 7. The molecule has 0 fully saturated rings. The summed E-state index contributed by atoms with van der Waals surface area (Å²) < 4.78 is 13.9. The number of halogens is 1. The number of allylic oxidation sites excluding steroid dienone is 1. The van der Waals surface area contributed by atoms with Gasteiger partial charge >= 0.3 is 0 Å². The average molecular weight is 632 g/mol. The highest BCUT2D eigenvalue weighted by Crippen LogP contribution is 2.40. The third-order valence-corrected chi connectivity index (χ3v) is 8.52. The second-order valence-corrected chi connectivity index (χ2v) is 11.8. The summed E-state index contributed by atoms with van der Waals surface area (Å²) in [5, 5.41) is 12.5. The molecule has 44 heavy (non-hydrogen) atoms. The fourth-order valence-electron chi connectivity index (χ4n) is 5.07. The molecular formula is C34H38ClN5O3S. The second kappa shape index (κ2) is 15.2. The van der Waals surface area contributed by atoms with Crippen LogP contribution in [0.1, 0.15) is 63.6 Å². The summed E-state index contributed by atoms with van der Waals surface area (Å²) in [6, 6.07) is 22.5. The van der Waals surface area contributed by atoms with Crippen molar-refractivity contribution in [3.63, 3.8) is 0 Å². The third-order valence-electron chi connectivity index (χ3n) is 7.26. The maximum absolute atomic E-state index is 13.9. The lowest BCUT2D eigenvalue weighted by Gasteiger charge is -2.29. The van der Waals surface area contributed by atoms with Crippen LogP contribution in [0.2, 0.25) is 5.02 Å². The highest BCUT2D eigenvalue weighted by atomic mass is 35.5. The van der Waals surface area contributed by atoms with E-state index in [0.717, 1.165) is 24.0 Å². The number of hydrogen-bond donors (Lipinski definition) is 2. The molecule has 5 rings (SSSR count). The lowest BCUT2D eigenvalue weighted by atomic mass is 9.94. The molecule has 1 aromatic heterocycles. The fraction of sp³-hybridized carbons (Fsp3) is 0.324. The van der Waals surface area contributed by atoms with E-state index in [0.29, 0.717) is 63.6 Å². The average Bonchev–Trinajstić information content (AvgIpc) is 3.43. The third kappa shape index (κ3) is 7.57. The molecule has 1 amide bonds. The first kappa shape index (κ1) is 31.5. The van der Waals surface area contributed by atoms with Crippen LogP contribution < -0.4 is 20.1 Å². The number of carbonyl (C=O) groups excluding carboxylic acids is 1. The number of fused-ring (bicyclic) bond motifs is 1. The van der Waals surface area contributed by atoms with Crippen LogP contribution in [-0.2, 0) is 10.5 Å². The molecule has 10 heteroatoms. The topological polar surface area (TPSA) is 90.3 Å². The molecule has 0 bridgehead atoms. The van der Waals surface area contributed by atoms with Crippen LogP contribution >= 0.6 is 23.4 Å². The van der Waals surface area contributed by atoms with E-state index in [1.807, 2.05) is 86.6 Å². The van der Waals surface area contributed by atoms with Gasteiger partial charge in [-0.2, -0.15) is 4.98 Å². The number of aromatic nitrogens is 3. The zero-order valence-electron chi connectivity index (χ0n) is 25.3. The van der Waals surface area contributed by atoms with Crippen molar-refractivity contribution in [1.29, 1.82) is 0 Å². The van der Waals surface area contributed by atoms with Gasteiger partial charge in [0, 0.05) is 22.2 Å². The number of rotatable bonds is 14. The number of carbonyl (C=O) groups is 1. The molecule has 1 atom stereocenters. The maximum Gasteiger partial charge on any atom is 0.255 e. The van der Waals surface area contributed by atoms with E-state index >= 15 is 0 Å². The van der Waals surface area contributed by atoms with Crippen molar-refractivity contribution in [2.45, 2.75) is 63.4 Å². The van der Waals surface area contributed by atoms with Crippen LogP contribution in [0.4, 0.5) is 11.6 Å². The molecule has 0 radical (unpaired) electrons. The van der Waals surface area contributed by atoms with Gasteiger partial charge in [0.2, 0.25) is 11.1 Å². The number of amides is 1. The number of benzene rings is 3. The van der Waals surface area contributed by atoms with Gasteiger partial charge in [-0.05, 0) is 61.7 Å². The summed E-state index contributed by atoms with van der Waals surface area (Å²) >= 11 is 7.89. The predicted octanol–water partition coefficient (Wildman–Crippen LogP) is 8.51. The van der Waals surface area contributed by atoms with Crippen LogP contribution in [0.15, 0.2) is 89.2 Å². The molecule has 0 saturated carbocycles. The van der Waals surface area contributed by atoms with E-state index in [-0.39, 0.29) is 5.91 Å². The molecule has 0 saturated heterocycles. The number of anilines is 2. The van der Waals surface area contributed by atoms with Crippen LogP contribution in [0.3, 0.4) is 0 Å². The van der Waals surface area contributed by atoms with E-state index < -0.39 is 6.04 Å². The largest absolute Gasteiger partial charge is 0.490 e. The van der Waals surface area contributed by atoms with E-state index in [2.05, 4.69) is 17.6 Å². The number of nitrogens with zero attached hydrogens (tertiary/aromatic N) is 3. The lowest BCUT2D eigenvalue weighted by Crippen LogP contribution is -2.31. The van der Waals surface area contributed by atoms with Crippen molar-refractivity contribution in [1.82, 2.24) is 14.8 Å². The highest BCUT2D eigenvalue weighted by Gasteiger charge is 2.35. The van der Waals surface area contributed by atoms with Crippen molar-refractivity contribution < 1.29 is 14.3 Å². The Labute approximate surface area is 268 Å². The Morgan fingerprint density at radius 2 is 1.80 bits per heavy atom. The zero-order valence-corrected chi connectivity index (χ0v) is 26.9. The number of nitrogens with one attached hydrogen (secondary N) is 2. The smallest absolute Gasteiger partial charge is 0.255 e. The van der Waals surface area contributed by atoms with Crippen molar-refractivity contribution in [2.24, 2.45) is 0 Å². The van der Waals surface area contributed by atoms with Gasteiger partial charge < -0.3 is 20.1 Å². The van der Waals surface area contributed by atoms with Gasteiger partial charge in [-0.3, -0.25) is 4.79 Å². The van der Waals surface area contributed by atoms with Gasteiger partial charge in [0.1, 0.15) is 6.04 Å². The molecule has 1 aliphatic heterocycles. The molecule has 0 aliphatic carbocycles. The van der Waals surface area contributed by atoms with Crippen molar-refractivity contribution in [3.05, 3.63) is 100 Å². The van der Waals surface area contributed by atoms with Crippen molar-refractivity contribution in [2.75, 3.05) is 23.8 Å². The molecule has 8 nitrogen and oxygen atoms in total. The van der Waals surface area contributed by atoms with Crippen LogP contribution in [0.25, 0.3) is 0 Å².